The molecule has 190 valence electrons. The van der Waals surface area contributed by atoms with Gasteiger partial charge in [-0.25, -0.2) is 18.0 Å². The molecular weight excluding hydrogens is 497 g/mol. The van der Waals surface area contributed by atoms with E-state index >= 15 is 0 Å². The van der Waals surface area contributed by atoms with Gasteiger partial charge in [0.2, 0.25) is 5.91 Å². The van der Waals surface area contributed by atoms with Gasteiger partial charge < -0.3 is 10.1 Å². The molecule has 0 saturated carbocycles. The highest BCUT2D eigenvalue weighted by Crippen LogP contribution is 2.24. The maximum atomic E-state index is 13.9. The predicted molar refractivity (Wildman–Crippen MR) is 136 cm³/mol. The van der Waals surface area contributed by atoms with Crippen molar-refractivity contribution >= 4 is 22.6 Å². The predicted octanol–water partition coefficient (Wildman–Crippen LogP) is 5.30. The number of hydrogen-bond acceptors (Lipinski definition) is 4. The topological polar surface area (TPSA) is 78.2 Å². The lowest BCUT2D eigenvalue weighted by molar-refractivity contribution is -0.111. The average molecular weight is 516 g/mol. The smallest absolute Gasteiger partial charge is 0.338 e. The minimum atomic E-state index is -1.28. The van der Waals surface area contributed by atoms with Crippen molar-refractivity contribution in [2.75, 3.05) is 5.32 Å². The van der Waals surface area contributed by atoms with Crippen LogP contribution in [0.1, 0.15) is 5.56 Å². The van der Waals surface area contributed by atoms with Gasteiger partial charge in [-0.15, -0.1) is 0 Å². The number of fused-ring (bicyclic) bond motifs is 1. The third-order valence-electron chi connectivity index (χ3n) is 5.78. The molecule has 5 aromatic rings. The Morgan fingerprint density at radius 3 is 2.42 bits per heavy atom. The summed E-state index contributed by atoms with van der Waals surface area (Å²) < 4.78 is 49.0. The summed E-state index contributed by atoms with van der Waals surface area (Å²) >= 11 is 0. The van der Waals surface area contributed by atoms with Crippen molar-refractivity contribution < 1.29 is 22.7 Å². The first-order valence-corrected chi connectivity index (χ1v) is 11.3. The summed E-state index contributed by atoms with van der Waals surface area (Å²) in [7, 11) is 0. The molecule has 0 radical (unpaired) electrons. The summed E-state index contributed by atoms with van der Waals surface area (Å²) in [5.74, 6) is -3.41. The number of rotatable bonds is 7. The number of hydrogen-bond donors (Lipinski definition) is 1. The standard InChI is InChI=1S/C28H19F3N4O3/c1-2-27(36)33-18-4-3-5-20(13-18)35-25-10-11-32-15-26(25)34(28(35)37)19-6-8-21(9-7-19)38-16-17-12-23(30)24(31)14-22(17)29/h2-15H,1,16H2,(H,33,36). The first-order chi connectivity index (χ1) is 18.4. The molecule has 1 N–H and O–H groups in total. The number of imidazole rings is 1. The van der Waals surface area contributed by atoms with Gasteiger partial charge in [-0.1, -0.05) is 12.6 Å². The Balaban J connectivity index is 1.48. The van der Waals surface area contributed by atoms with Gasteiger partial charge in [0.05, 0.1) is 28.6 Å². The second kappa shape index (κ2) is 10.1. The zero-order valence-electron chi connectivity index (χ0n) is 19.7. The van der Waals surface area contributed by atoms with E-state index in [2.05, 4.69) is 16.9 Å². The van der Waals surface area contributed by atoms with Crippen molar-refractivity contribution in [1.82, 2.24) is 14.1 Å². The van der Waals surface area contributed by atoms with Crippen LogP contribution in [0.15, 0.2) is 96.6 Å². The van der Waals surface area contributed by atoms with E-state index in [0.717, 1.165) is 12.1 Å². The van der Waals surface area contributed by atoms with Crippen LogP contribution in [0, 0.1) is 17.5 Å². The number of nitrogens with one attached hydrogen (secondary N) is 1. The average Bonchev–Trinajstić information content (AvgIpc) is 3.22. The summed E-state index contributed by atoms with van der Waals surface area (Å²) in [5, 5.41) is 2.68. The molecule has 2 heterocycles. The van der Waals surface area contributed by atoms with Crippen molar-refractivity contribution in [3.8, 4) is 17.1 Å². The van der Waals surface area contributed by atoms with Crippen molar-refractivity contribution in [3.63, 3.8) is 0 Å². The molecule has 0 atom stereocenters. The molecule has 10 heteroatoms. The number of carbonyl (C=O) groups is 1. The maximum Gasteiger partial charge on any atom is 0.338 e. The Kier molecular flexibility index (Phi) is 6.53. The normalized spacial score (nSPS) is 10.9. The van der Waals surface area contributed by atoms with Crippen LogP contribution in [-0.4, -0.2) is 20.0 Å². The van der Waals surface area contributed by atoms with E-state index in [1.807, 2.05) is 0 Å². The number of nitrogens with zero attached hydrogens (tertiary/aromatic N) is 3. The number of halogens is 3. The summed E-state index contributed by atoms with van der Waals surface area (Å²) in [4.78, 5) is 29.5. The molecule has 1 amide bonds. The minimum Gasteiger partial charge on any atom is -0.489 e. The fourth-order valence-corrected chi connectivity index (χ4v) is 3.99. The molecule has 7 nitrogen and oxygen atoms in total. The van der Waals surface area contributed by atoms with Crippen LogP contribution in [0.2, 0.25) is 0 Å². The van der Waals surface area contributed by atoms with Gasteiger partial charge in [0.15, 0.2) is 11.6 Å². The Morgan fingerprint density at radius 2 is 1.66 bits per heavy atom. The van der Waals surface area contributed by atoms with Gasteiger partial charge in [0.25, 0.3) is 0 Å². The van der Waals surface area contributed by atoms with Gasteiger partial charge in [0, 0.05) is 23.5 Å². The highest BCUT2D eigenvalue weighted by Gasteiger charge is 2.17. The van der Waals surface area contributed by atoms with E-state index in [1.165, 1.54) is 9.13 Å². The first kappa shape index (κ1) is 24.6. The minimum absolute atomic E-state index is 0.134. The van der Waals surface area contributed by atoms with E-state index in [0.29, 0.717) is 39.9 Å². The molecule has 0 saturated heterocycles. The van der Waals surface area contributed by atoms with Gasteiger partial charge in [-0.05, 0) is 60.7 Å². The number of carbonyl (C=O) groups excluding carboxylic acids is 1. The second-order valence-corrected chi connectivity index (χ2v) is 8.20. The van der Waals surface area contributed by atoms with Crippen LogP contribution in [0.4, 0.5) is 18.9 Å². The van der Waals surface area contributed by atoms with Gasteiger partial charge >= 0.3 is 5.69 Å². The molecular formula is C28H19F3N4O3. The number of amides is 1. The van der Waals surface area contributed by atoms with Crippen LogP contribution < -0.4 is 15.7 Å². The van der Waals surface area contributed by atoms with E-state index in [-0.39, 0.29) is 23.8 Å². The molecule has 38 heavy (non-hydrogen) atoms. The van der Waals surface area contributed by atoms with Crippen LogP contribution in [0.25, 0.3) is 22.4 Å². The largest absolute Gasteiger partial charge is 0.489 e. The van der Waals surface area contributed by atoms with Crippen LogP contribution >= 0.6 is 0 Å². The molecule has 0 unspecified atom stereocenters. The number of benzene rings is 3. The Labute approximate surface area is 214 Å². The number of anilines is 1. The van der Waals surface area contributed by atoms with Gasteiger partial charge in [0.1, 0.15) is 18.2 Å². The quantitative estimate of drug-likeness (QED) is 0.235. The third kappa shape index (κ3) is 4.66. The second-order valence-electron chi connectivity index (χ2n) is 8.20. The highest BCUT2D eigenvalue weighted by molar-refractivity contribution is 5.99. The fraction of sp³-hybridized carbons (Fsp3) is 0.0357. The van der Waals surface area contributed by atoms with Crippen LogP contribution in [0.3, 0.4) is 0 Å². The lowest BCUT2D eigenvalue weighted by Gasteiger charge is -2.09. The zero-order chi connectivity index (χ0) is 26.8. The lowest BCUT2D eigenvalue weighted by atomic mass is 10.2. The Hall–Kier alpha value is -5.12. The van der Waals surface area contributed by atoms with E-state index in [4.69, 9.17) is 4.74 Å². The van der Waals surface area contributed by atoms with Crippen LogP contribution in [-0.2, 0) is 11.4 Å². The van der Waals surface area contributed by atoms with Crippen molar-refractivity contribution in [2.24, 2.45) is 0 Å². The molecule has 0 bridgehead atoms. The SMILES string of the molecule is C=CC(=O)Nc1cccc(-n2c(=O)n(-c3ccc(OCc4cc(F)c(F)cc4F)cc3)c3cnccc32)c1. The van der Waals surface area contributed by atoms with E-state index < -0.39 is 17.5 Å². The molecule has 0 spiro atoms. The summed E-state index contributed by atoms with van der Waals surface area (Å²) in [6.45, 7) is 3.13. The summed E-state index contributed by atoms with van der Waals surface area (Å²) in [6.07, 6.45) is 4.28. The van der Waals surface area contributed by atoms with Crippen LogP contribution in [0.5, 0.6) is 5.75 Å². The van der Waals surface area contributed by atoms with E-state index in [1.54, 1.807) is 67.0 Å². The molecule has 0 aliphatic rings. The zero-order valence-corrected chi connectivity index (χ0v) is 19.7. The van der Waals surface area contributed by atoms with Gasteiger partial charge in [-0.3, -0.25) is 18.9 Å². The molecule has 0 aliphatic heterocycles. The van der Waals surface area contributed by atoms with Crippen molar-refractivity contribution in [2.45, 2.75) is 6.61 Å². The number of ether oxygens (including phenoxy) is 1. The molecule has 3 aromatic carbocycles. The number of pyridine rings is 1. The molecule has 5 rings (SSSR count). The summed E-state index contributed by atoms with van der Waals surface area (Å²) in [6, 6.07) is 16.2. The highest BCUT2D eigenvalue weighted by atomic mass is 19.2. The maximum absolute atomic E-state index is 13.9. The fourth-order valence-electron chi connectivity index (χ4n) is 3.99. The summed E-state index contributed by atoms with van der Waals surface area (Å²) in [5.41, 5.74) is 2.15. The monoisotopic (exact) mass is 516 g/mol. The lowest BCUT2D eigenvalue weighted by Crippen LogP contribution is -2.22. The van der Waals surface area contributed by atoms with E-state index in [9.17, 15) is 22.8 Å². The Bertz CT molecular complexity index is 1740. The van der Waals surface area contributed by atoms with Crippen molar-refractivity contribution in [3.05, 3.63) is 125 Å². The van der Waals surface area contributed by atoms with Crippen molar-refractivity contribution in [1.29, 1.82) is 0 Å². The molecule has 2 aromatic heterocycles. The Morgan fingerprint density at radius 1 is 0.921 bits per heavy atom. The number of aromatic nitrogens is 3. The van der Waals surface area contributed by atoms with Gasteiger partial charge in [-0.2, -0.15) is 0 Å². The first-order valence-electron chi connectivity index (χ1n) is 11.3. The molecule has 0 fully saturated rings. The molecule has 0 aliphatic carbocycles. The third-order valence-corrected chi connectivity index (χ3v) is 5.78.